The van der Waals surface area contributed by atoms with Gasteiger partial charge in [0, 0.05) is 36.3 Å². The Morgan fingerprint density at radius 2 is 1.93 bits per heavy atom. The van der Waals surface area contributed by atoms with Crippen molar-refractivity contribution in [3.8, 4) is 11.1 Å². The molecule has 2 N–H and O–H groups in total. The van der Waals surface area contributed by atoms with E-state index in [4.69, 9.17) is 4.98 Å². The van der Waals surface area contributed by atoms with E-state index < -0.39 is 0 Å². The van der Waals surface area contributed by atoms with E-state index in [1.807, 2.05) is 47.5 Å². The van der Waals surface area contributed by atoms with Crippen LogP contribution in [0.2, 0.25) is 0 Å². The number of hydrogen-bond donors (Lipinski definition) is 2. The van der Waals surface area contributed by atoms with Crippen LogP contribution in [0.1, 0.15) is 19.3 Å². The van der Waals surface area contributed by atoms with Crippen LogP contribution in [-0.4, -0.2) is 49.3 Å². The summed E-state index contributed by atoms with van der Waals surface area (Å²) in [7, 11) is 0. The van der Waals surface area contributed by atoms with Gasteiger partial charge in [-0.05, 0) is 69.2 Å². The number of aryl methyl sites for hydroxylation is 1. The van der Waals surface area contributed by atoms with Gasteiger partial charge in [-0.15, -0.1) is 0 Å². The van der Waals surface area contributed by atoms with Gasteiger partial charge in [-0.25, -0.2) is 4.98 Å². The van der Waals surface area contributed by atoms with Crippen LogP contribution >= 0.6 is 0 Å². The Hall–Kier alpha value is -3.19. The molecule has 4 aromatic rings. The Morgan fingerprint density at radius 3 is 2.79 bits per heavy atom. The lowest BCUT2D eigenvalue weighted by Gasteiger charge is -2.13. The summed E-state index contributed by atoms with van der Waals surface area (Å²) in [6, 6.07) is 9.92. The second-order valence-corrected chi connectivity index (χ2v) is 7.56. The van der Waals surface area contributed by atoms with Gasteiger partial charge in [0.2, 0.25) is 0 Å². The average molecular weight is 387 g/mol. The third-order valence-electron chi connectivity index (χ3n) is 5.42. The SMILES string of the molecule is c1c[nH]c(Nc2ccc3ncc(-c4cnn(CCCN5CCCC5)c4)cc3n2)c1. The highest BCUT2D eigenvalue weighted by Crippen LogP contribution is 2.23. The van der Waals surface area contributed by atoms with Gasteiger partial charge in [0.05, 0.1) is 17.2 Å². The highest BCUT2D eigenvalue weighted by Gasteiger charge is 2.11. The molecule has 0 spiro atoms. The molecule has 1 aliphatic heterocycles. The fourth-order valence-electron chi connectivity index (χ4n) is 3.88. The van der Waals surface area contributed by atoms with Crippen LogP contribution < -0.4 is 5.32 Å². The van der Waals surface area contributed by atoms with Crippen LogP contribution in [0, 0.1) is 0 Å². The number of pyridine rings is 2. The Balaban J connectivity index is 1.29. The summed E-state index contributed by atoms with van der Waals surface area (Å²) in [5, 5.41) is 7.81. The van der Waals surface area contributed by atoms with Gasteiger partial charge < -0.3 is 15.2 Å². The van der Waals surface area contributed by atoms with Crippen LogP contribution in [0.5, 0.6) is 0 Å². The first-order valence-electron chi connectivity index (χ1n) is 10.3. The normalized spacial score (nSPS) is 14.6. The van der Waals surface area contributed by atoms with Gasteiger partial charge in [0.1, 0.15) is 11.6 Å². The first-order valence-corrected chi connectivity index (χ1v) is 10.3. The first kappa shape index (κ1) is 17.9. The third-order valence-corrected chi connectivity index (χ3v) is 5.42. The van der Waals surface area contributed by atoms with E-state index in [1.54, 1.807) is 0 Å². The molecule has 1 aliphatic rings. The van der Waals surface area contributed by atoms with E-state index in [2.05, 4.69) is 37.5 Å². The van der Waals surface area contributed by atoms with Crippen molar-refractivity contribution < 1.29 is 0 Å². The maximum Gasteiger partial charge on any atom is 0.132 e. The highest BCUT2D eigenvalue weighted by molar-refractivity contribution is 5.81. The number of aromatic nitrogens is 5. The van der Waals surface area contributed by atoms with Gasteiger partial charge in [-0.3, -0.25) is 9.67 Å². The molecule has 7 nitrogen and oxygen atoms in total. The molecular weight excluding hydrogens is 362 g/mol. The van der Waals surface area contributed by atoms with Crippen molar-refractivity contribution in [2.45, 2.75) is 25.8 Å². The van der Waals surface area contributed by atoms with Gasteiger partial charge in [0.25, 0.3) is 0 Å². The lowest BCUT2D eigenvalue weighted by molar-refractivity contribution is 0.322. The van der Waals surface area contributed by atoms with Crippen molar-refractivity contribution in [3.63, 3.8) is 0 Å². The molecule has 0 saturated carbocycles. The molecule has 7 heteroatoms. The van der Waals surface area contributed by atoms with Gasteiger partial charge in [-0.1, -0.05) is 0 Å². The van der Waals surface area contributed by atoms with Gasteiger partial charge in [0.15, 0.2) is 0 Å². The van der Waals surface area contributed by atoms with Crippen molar-refractivity contribution in [2.75, 3.05) is 25.0 Å². The number of hydrogen-bond acceptors (Lipinski definition) is 5. The zero-order valence-corrected chi connectivity index (χ0v) is 16.4. The Kier molecular flexibility index (Phi) is 4.96. The lowest BCUT2D eigenvalue weighted by Crippen LogP contribution is -2.21. The molecular formula is C22H25N7. The molecule has 0 aliphatic carbocycles. The number of anilines is 2. The standard InChI is InChI=1S/C22H25N7/c1-2-10-28(9-1)11-4-12-29-16-18(15-25-29)17-13-20-19(24-14-17)6-7-22(26-20)27-21-5-3-8-23-21/h3,5-8,13-16,23H,1-2,4,9-12H2,(H,26,27). The maximum absolute atomic E-state index is 4.71. The maximum atomic E-state index is 4.71. The largest absolute Gasteiger partial charge is 0.348 e. The number of nitrogens with zero attached hydrogens (tertiary/aromatic N) is 5. The second kappa shape index (κ2) is 8.05. The molecule has 148 valence electrons. The predicted octanol–water partition coefficient (Wildman–Crippen LogP) is 4.05. The number of aromatic amines is 1. The second-order valence-electron chi connectivity index (χ2n) is 7.56. The summed E-state index contributed by atoms with van der Waals surface area (Å²) in [5.74, 6) is 1.70. The average Bonchev–Trinajstić information content (AvgIpc) is 3.51. The molecule has 0 unspecified atom stereocenters. The highest BCUT2D eigenvalue weighted by atomic mass is 15.3. The first-order chi connectivity index (χ1) is 14.3. The van der Waals surface area contributed by atoms with Crippen molar-refractivity contribution >= 4 is 22.7 Å². The Bertz CT molecular complexity index is 1080. The van der Waals surface area contributed by atoms with Gasteiger partial charge in [-0.2, -0.15) is 5.10 Å². The summed E-state index contributed by atoms with van der Waals surface area (Å²) in [5.41, 5.74) is 3.85. The minimum atomic E-state index is 0.788. The number of nitrogens with one attached hydrogen (secondary N) is 2. The van der Waals surface area contributed by atoms with Crippen LogP contribution in [-0.2, 0) is 6.54 Å². The van der Waals surface area contributed by atoms with E-state index in [1.165, 1.54) is 25.9 Å². The van der Waals surface area contributed by atoms with E-state index in [0.717, 1.165) is 53.3 Å². The van der Waals surface area contributed by atoms with Crippen LogP contribution in [0.3, 0.4) is 0 Å². The van der Waals surface area contributed by atoms with Crippen molar-refractivity contribution in [2.24, 2.45) is 0 Å². The molecule has 5 heterocycles. The minimum Gasteiger partial charge on any atom is -0.348 e. The van der Waals surface area contributed by atoms with Crippen molar-refractivity contribution in [1.82, 2.24) is 29.6 Å². The fourth-order valence-corrected chi connectivity index (χ4v) is 3.88. The number of likely N-dealkylation sites (tertiary alicyclic amines) is 1. The molecule has 0 atom stereocenters. The minimum absolute atomic E-state index is 0.788. The van der Waals surface area contributed by atoms with E-state index in [9.17, 15) is 0 Å². The molecule has 1 saturated heterocycles. The predicted molar refractivity (Wildman–Crippen MR) is 115 cm³/mol. The van der Waals surface area contributed by atoms with Crippen LogP contribution in [0.25, 0.3) is 22.2 Å². The van der Waals surface area contributed by atoms with Crippen molar-refractivity contribution in [3.05, 3.63) is 55.1 Å². The summed E-state index contributed by atoms with van der Waals surface area (Å²) >= 11 is 0. The quantitative estimate of drug-likeness (QED) is 0.500. The van der Waals surface area contributed by atoms with Gasteiger partial charge >= 0.3 is 0 Å². The topological polar surface area (TPSA) is 74.7 Å². The number of H-pyrrole nitrogens is 1. The third kappa shape index (κ3) is 4.14. The number of fused-ring (bicyclic) bond motifs is 1. The lowest BCUT2D eigenvalue weighted by atomic mass is 10.1. The Morgan fingerprint density at radius 1 is 1.00 bits per heavy atom. The zero-order valence-electron chi connectivity index (χ0n) is 16.4. The smallest absolute Gasteiger partial charge is 0.132 e. The van der Waals surface area contributed by atoms with E-state index in [0.29, 0.717) is 0 Å². The number of rotatable bonds is 7. The van der Waals surface area contributed by atoms with E-state index in [-0.39, 0.29) is 0 Å². The monoisotopic (exact) mass is 387 g/mol. The molecule has 0 radical (unpaired) electrons. The summed E-state index contributed by atoms with van der Waals surface area (Å²) in [6.45, 7) is 4.61. The van der Waals surface area contributed by atoms with Crippen molar-refractivity contribution in [1.29, 1.82) is 0 Å². The molecule has 1 fully saturated rings. The van der Waals surface area contributed by atoms with E-state index >= 15 is 0 Å². The molecule has 0 aromatic carbocycles. The molecule has 29 heavy (non-hydrogen) atoms. The Labute approximate surface area is 169 Å². The summed E-state index contributed by atoms with van der Waals surface area (Å²) in [6.07, 6.45) is 11.6. The van der Waals surface area contributed by atoms with Crippen LogP contribution in [0.4, 0.5) is 11.6 Å². The van der Waals surface area contributed by atoms with Crippen LogP contribution in [0.15, 0.2) is 55.1 Å². The zero-order chi connectivity index (χ0) is 19.5. The summed E-state index contributed by atoms with van der Waals surface area (Å²) < 4.78 is 2.03. The molecule has 5 rings (SSSR count). The molecule has 4 aromatic heterocycles. The molecule has 0 amide bonds. The molecule has 0 bridgehead atoms. The fraction of sp³-hybridized carbons (Fsp3) is 0.318. The summed E-state index contributed by atoms with van der Waals surface area (Å²) in [4.78, 5) is 15.0.